The third kappa shape index (κ3) is 1.13. The SMILES string of the molecule is CC(=O)c1onc2c(C)cccc12. The maximum atomic E-state index is 11.1. The van der Waals surface area contributed by atoms with Gasteiger partial charge in [0.2, 0.25) is 5.76 Å². The molecule has 0 saturated carbocycles. The van der Waals surface area contributed by atoms with Gasteiger partial charge in [-0.15, -0.1) is 0 Å². The first-order valence-electron chi connectivity index (χ1n) is 4.06. The number of carbonyl (C=O) groups is 1. The van der Waals surface area contributed by atoms with E-state index in [-0.39, 0.29) is 5.78 Å². The predicted molar refractivity (Wildman–Crippen MR) is 48.8 cm³/mol. The van der Waals surface area contributed by atoms with Crippen LogP contribution in [0.3, 0.4) is 0 Å². The monoisotopic (exact) mass is 175 g/mol. The maximum Gasteiger partial charge on any atom is 0.209 e. The summed E-state index contributed by atoms with van der Waals surface area (Å²) in [7, 11) is 0. The number of benzene rings is 1. The molecule has 0 radical (unpaired) electrons. The maximum absolute atomic E-state index is 11.1. The van der Waals surface area contributed by atoms with Gasteiger partial charge < -0.3 is 4.52 Å². The van der Waals surface area contributed by atoms with Crippen LogP contribution in [0.2, 0.25) is 0 Å². The van der Waals surface area contributed by atoms with E-state index in [0.29, 0.717) is 5.76 Å². The molecule has 0 N–H and O–H groups in total. The van der Waals surface area contributed by atoms with Crippen LogP contribution >= 0.6 is 0 Å². The Labute approximate surface area is 75.3 Å². The first kappa shape index (κ1) is 7.98. The lowest BCUT2D eigenvalue weighted by Crippen LogP contribution is -1.88. The quantitative estimate of drug-likeness (QED) is 0.625. The highest BCUT2D eigenvalue weighted by Crippen LogP contribution is 2.21. The smallest absolute Gasteiger partial charge is 0.209 e. The molecule has 0 unspecified atom stereocenters. The molecule has 0 atom stereocenters. The van der Waals surface area contributed by atoms with E-state index in [1.165, 1.54) is 6.92 Å². The average Bonchev–Trinajstić information content (AvgIpc) is 2.48. The van der Waals surface area contributed by atoms with Crippen molar-refractivity contribution in [3.05, 3.63) is 29.5 Å². The van der Waals surface area contributed by atoms with Crippen LogP contribution in [0, 0.1) is 6.92 Å². The van der Waals surface area contributed by atoms with E-state index in [0.717, 1.165) is 16.5 Å². The second-order valence-electron chi connectivity index (χ2n) is 3.04. The molecule has 0 saturated heterocycles. The van der Waals surface area contributed by atoms with Crippen LogP contribution in [0.4, 0.5) is 0 Å². The molecule has 2 rings (SSSR count). The lowest BCUT2D eigenvalue weighted by Gasteiger charge is -1.91. The molecule has 0 fully saturated rings. The van der Waals surface area contributed by atoms with Gasteiger partial charge in [0.25, 0.3) is 0 Å². The van der Waals surface area contributed by atoms with Crippen LogP contribution in [0.5, 0.6) is 0 Å². The Bertz CT molecular complexity index is 471. The number of carbonyl (C=O) groups excluding carboxylic acids is 1. The van der Waals surface area contributed by atoms with Gasteiger partial charge >= 0.3 is 0 Å². The highest BCUT2D eigenvalue weighted by atomic mass is 16.5. The van der Waals surface area contributed by atoms with Gasteiger partial charge in [0.15, 0.2) is 5.78 Å². The minimum absolute atomic E-state index is 0.0897. The van der Waals surface area contributed by atoms with Gasteiger partial charge in [0.05, 0.1) is 5.39 Å². The Hall–Kier alpha value is -1.64. The molecule has 1 heterocycles. The van der Waals surface area contributed by atoms with Crippen LogP contribution in [-0.4, -0.2) is 10.9 Å². The molecular weight excluding hydrogens is 166 g/mol. The Morgan fingerprint density at radius 3 is 2.92 bits per heavy atom. The number of ketones is 1. The number of aromatic nitrogens is 1. The van der Waals surface area contributed by atoms with Crippen LogP contribution < -0.4 is 0 Å². The van der Waals surface area contributed by atoms with Gasteiger partial charge in [-0.3, -0.25) is 4.79 Å². The topological polar surface area (TPSA) is 43.1 Å². The number of hydrogen-bond acceptors (Lipinski definition) is 3. The zero-order chi connectivity index (χ0) is 9.42. The first-order chi connectivity index (χ1) is 6.20. The van der Waals surface area contributed by atoms with Gasteiger partial charge in [-0.25, -0.2) is 0 Å². The summed E-state index contributed by atoms with van der Waals surface area (Å²) < 4.78 is 4.96. The standard InChI is InChI=1S/C10H9NO2/c1-6-4-3-5-8-9(6)11-13-10(8)7(2)12/h3-5H,1-2H3. The zero-order valence-electron chi connectivity index (χ0n) is 7.50. The molecule has 3 heteroatoms. The van der Waals surface area contributed by atoms with Crippen LogP contribution in [0.25, 0.3) is 10.9 Å². The fraction of sp³-hybridized carbons (Fsp3) is 0.200. The molecule has 0 amide bonds. The fourth-order valence-electron chi connectivity index (χ4n) is 1.36. The molecule has 66 valence electrons. The van der Waals surface area contributed by atoms with E-state index >= 15 is 0 Å². The van der Waals surface area contributed by atoms with Crippen molar-refractivity contribution in [2.45, 2.75) is 13.8 Å². The van der Waals surface area contributed by atoms with Crippen LogP contribution in [-0.2, 0) is 0 Å². The van der Waals surface area contributed by atoms with Gasteiger partial charge in [-0.2, -0.15) is 0 Å². The Morgan fingerprint density at radius 1 is 1.46 bits per heavy atom. The third-order valence-corrected chi connectivity index (χ3v) is 2.03. The fourth-order valence-corrected chi connectivity index (χ4v) is 1.36. The summed E-state index contributed by atoms with van der Waals surface area (Å²) in [6.07, 6.45) is 0. The van der Waals surface area contributed by atoms with Crippen LogP contribution in [0.15, 0.2) is 22.7 Å². The molecule has 0 aliphatic carbocycles. The molecule has 1 aromatic heterocycles. The number of rotatable bonds is 1. The highest BCUT2D eigenvalue weighted by Gasteiger charge is 2.12. The van der Waals surface area contributed by atoms with E-state index in [2.05, 4.69) is 5.16 Å². The summed E-state index contributed by atoms with van der Waals surface area (Å²) in [5.41, 5.74) is 1.79. The lowest BCUT2D eigenvalue weighted by molar-refractivity contribution is 0.0981. The zero-order valence-corrected chi connectivity index (χ0v) is 7.50. The first-order valence-corrected chi connectivity index (χ1v) is 4.06. The number of fused-ring (bicyclic) bond motifs is 1. The molecule has 13 heavy (non-hydrogen) atoms. The van der Waals surface area contributed by atoms with Crippen molar-refractivity contribution < 1.29 is 9.32 Å². The van der Waals surface area contributed by atoms with Gasteiger partial charge in [-0.05, 0) is 18.6 Å². The molecule has 0 bridgehead atoms. The Balaban J connectivity index is 2.83. The second-order valence-corrected chi connectivity index (χ2v) is 3.04. The third-order valence-electron chi connectivity index (χ3n) is 2.03. The summed E-state index contributed by atoms with van der Waals surface area (Å²) in [6, 6.07) is 5.67. The van der Waals surface area contributed by atoms with Crippen molar-refractivity contribution in [3.63, 3.8) is 0 Å². The lowest BCUT2D eigenvalue weighted by atomic mass is 10.1. The average molecular weight is 175 g/mol. The van der Waals surface area contributed by atoms with E-state index in [4.69, 9.17) is 4.52 Å². The van der Waals surface area contributed by atoms with E-state index in [1.54, 1.807) is 0 Å². The molecule has 0 spiro atoms. The number of nitrogens with zero attached hydrogens (tertiary/aromatic N) is 1. The molecule has 0 aliphatic heterocycles. The summed E-state index contributed by atoms with van der Waals surface area (Å²) >= 11 is 0. The van der Waals surface area contributed by atoms with Crippen molar-refractivity contribution in [2.75, 3.05) is 0 Å². The van der Waals surface area contributed by atoms with Crippen molar-refractivity contribution in [1.82, 2.24) is 5.16 Å². The molecule has 3 nitrogen and oxygen atoms in total. The summed E-state index contributed by atoms with van der Waals surface area (Å²) in [5.74, 6) is 0.256. The molecule has 0 aliphatic rings. The summed E-state index contributed by atoms with van der Waals surface area (Å²) in [4.78, 5) is 11.1. The van der Waals surface area contributed by atoms with Gasteiger partial charge in [-0.1, -0.05) is 17.3 Å². The number of aryl methyl sites for hydroxylation is 1. The summed E-state index contributed by atoms with van der Waals surface area (Å²) in [5, 5.41) is 4.64. The number of Topliss-reactive ketones (excluding diaryl/α,β-unsaturated/α-hetero) is 1. The van der Waals surface area contributed by atoms with Crippen molar-refractivity contribution in [3.8, 4) is 0 Å². The van der Waals surface area contributed by atoms with Gasteiger partial charge in [0, 0.05) is 6.92 Å². The highest BCUT2D eigenvalue weighted by molar-refractivity contribution is 6.04. The number of hydrogen-bond donors (Lipinski definition) is 0. The second kappa shape index (κ2) is 2.69. The molecular formula is C10H9NO2. The molecule has 2 aromatic rings. The summed E-state index contributed by atoms with van der Waals surface area (Å²) in [6.45, 7) is 3.41. The van der Waals surface area contributed by atoms with Crippen molar-refractivity contribution in [1.29, 1.82) is 0 Å². The van der Waals surface area contributed by atoms with Gasteiger partial charge in [0.1, 0.15) is 5.52 Å². The molecule has 1 aromatic carbocycles. The predicted octanol–water partition coefficient (Wildman–Crippen LogP) is 2.34. The minimum atomic E-state index is -0.0897. The van der Waals surface area contributed by atoms with E-state index in [9.17, 15) is 4.79 Å². The van der Waals surface area contributed by atoms with Crippen molar-refractivity contribution >= 4 is 16.7 Å². The largest absolute Gasteiger partial charge is 0.352 e. The van der Waals surface area contributed by atoms with E-state index in [1.807, 2.05) is 25.1 Å². The van der Waals surface area contributed by atoms with E-state index < -0.39 is 0 Å². The minimum Gasteiger partial charge on any atom is -0.352 e. The Kier molecular flexibility index (Phi) is 1.65. The normalized spacial score (nSPS) is 10.6. The van der Waals surface area contributed by atoms with Crippen LogP contribution in [0.1, 0.15) is 23.0 Å². The Morgan fingerprint density at radius 2 is 2.23 bits per heavy atom. The van der Waals surface area contributed by atoms with Crippen molar-refractivity contribution in [2.24, 2.45) is 0 Å².